The molecular formula is C24H27N3O4. The predicted octanol–water partition coefficient (Wildman–Crippen LogP) is 2.53. The number of piperidine rings is 1. The van der Waals surface area contributed by atoms with E-state index >= 15 is 0 Å². The Labute approximate surface area is 182 Å². The van der Waals surface area contributed by atoms with Gasteiger partial charge in [-0.05, 0) is 50.5 Å². The number of carbonyl (C=O) groups excluding carboxylic acids is 3. The van der Waals surface area contributed by atoms with E-state index in [2.05, 4.69) is 5.32 Å². The van der Waals surface area contributed by atoms with Gasteiger partial charge in [-0.1, -0.05) is 30.3 Å². The Hall–Kier alpha value is -3.35. The second-order valence-corrected chi connectivity index (χ2v) is 8.10. The highest BCUT2D eigenvalue weighted by molar-refractivity contribution is 6.03. The minimum absolute atomic E-state index is 0.0101. The van der Waals surface area contributed by atoms with Gasteiger partial charge in [-0.25, -0.2) is 0 Å². The Morgan fingerprint density at radius 3 is 2.48 bits per heavy atom. The summed E-state index contributed by atoms with van der Waals surface area (Å²) < 4.78 is 5.64. The van der Waals surface area contributed by atoms with E-state index in [-0.39, 0.29) is 30.3 Å². The van der Waals surface area contributed by atoms with Crippen molar-refractivity contribution in [3.05, 3.63) is 59.7 Å². The molecule has 7 heteroatoms. The van der Waals surface area contributed by atoms with Crippen molar-refractivity contribution in [3.63, 3.8) is 0 Å². The Kier molecular flexibility index (Phi) is 5.93. The molecule has 0 aliphatic carbocycles. The molecule has 2 heterocycles. The average molecular weight is 421 g/mol. The first-order chi connectivity index (χ1) is 14.9. The predicted molar refractivity (Wildman–Crippen MR) is 117 cm³/mol. The molecule has 31 heavy (non-hydrogen) atoms. The van der Waals surface area contributed by atoms with Crippen molar-refractivity contribution in [2.24, 2.45) is 0 Å². The van der Waals surface area contributed by atoms with Gasteiger partial charge in [0.05, 0.1) is 5.69 Å². The Balaban J connectivity index is 1.34. The fourth-order valence-corrected chi connectivity index (χ4v) is 4.12. The van der Waals surface area contributed by atoms with E-state index in [9.17, 15) is 14.4 Å². The summed E-state index contributed by atoms with van der Waals surface area (Å²) in [7, 11) is 0. The molecule has 0 spiro atoms. The van der Waals surface area contributed by atoms with Gasteiger partial charge < -0.3 is 15.0 Å². The number of nitrogens with one attached hydrogen (secondary N) is 1. The van der Waals surface area contributed by atoms with E-state index in [1.165, 1.54) is 4.90 Å². The van der Waals surface area contributed by atoms with Crippen LogP contribution in [0.5, 0.6) is 5.75 Å². The summed E-state index contributed by atoms with van der Waals surface area (Å²) in [5.41, 5.74) is 2.25. The minimum Gasteiger partial charge on any atom is -0.479 e. The zero-order valence-corrected chi connectivity index (χ0v) is 17.8. The van der Waals surface area contributed by atoms with Crippen LogP contribution in [0.2, 0.25) is 0 Å². The van der Waals surface area contributed by atoms with Gasteiger partial charge in [-0.15, -0.1) is 0 Å². The summed E-state index contributed by atoms with van der Waals surface area (Å²) >= 11 is 0. The highest BCUT2D eigenvalue weighted by atomic mass is 16.5. The number of aryl methyl sites for hydroxylation is 1. The molecule has 2 aromatic carbocycles. The summed E-state index contributed by atoms with van der Waals surface area (Å²) in [5.74, 6) is 0.223. The number of para-hydroxylation sites is 2. The lowest BCUT2D eigenvalue weighted by Gasteiger charge is -2.36. The van der Waals surface area contributed by atoms with E-state index in [1.54, 1.807) is 24.0 Å². The van der Waals surface area contributed by atoms with Crippen LogP contribution in [-0.2, 0) is 9.59 Å². The number of hydrogen-bond acceptors (Lipinski definition) is 4. The third-order valence-electron chi connectivity index (χ3n) is 5.94. The van der Waals surface area contributed by atoms with Gasteiger partial charge in [-0.3, -0.25) is 19.3 Å². The number of carbonyl (C=O) groups is 3. The summed E-state index contributed by atoms with van der Waals surface area (Å²) in [6, 6.07) is 14.8. The maximum Gasteiger partial charge on any atom is 0.268 e. The van der Waals surface area contributed by atoms with Crippen LogP contribution < -0.4 is 15.0 Å². The van der Waals surface area contributed by atoms with Crippen LogP contribution in [0, 0.1) is 6.92 Å². The smallest absolute Gasteiger partial charge is 0.268 e. The number of likely N-dealkylation sites (tertiary alicyclic amines) is 1. The highest BCUT2D eigenvalue weighted by Gasteiger charge is 2.34. The van der Waals surface area contributed by atoms with Crippen LogP contribution in [0.1, 0.15) is 35.7 Å². The lowest BCUT2D eigenvalue weighted by atomic mass is 10.0. The van der Waals surface area contributed by atoms with Gasteiger partial charge >= 0.3 is 0 Å². The van der Waals surface area contributed by atoms with Crippen LogP contribution in [0.15, 0.2) is 48.5 Å². The Morgan fingerprint density at radius 2 is 1.74 bits per heavy atom. The zero-order valence-electron chi connectivity index (χ0n) is 17.8. The lowest BCUT2D eigenvalue weighted by Crippen LogP contribution is -2.52. The molecule has 1 N–H and O–H groups in total. The normalized spacial score (nSPS) is 18.9. The fourth-order valence-electron chi connectivity index (χ4n) is 4.12. The first-order valence-corrected chi connectivity index (χ1v) is 10.7. The third-order valence-corrected chi connectivity index (χ3v) is 5.94. The molecule has 7 nitrogen and oxygen atoms in total. The second kappa shape index (κ2) is 8.79. The number of hydrogen-bond donors (Lipinski definition) is 1. The Morgan fingerprint density at radius 1 is 1.06 bits per heavy atom. The molecule has 162 valence electrons. The van der Waals surface area contributed by atoms with Crippen molar-refractivity contribution >= 4 is 23.4 Å². The molecule has 2 aliphatic rings. The summed E-state index contributed by atoms with van der Waals surface area (Å²) in [4.78, 5) is 41.4. The van der Waals surface area contributed by atoms with E-state index in [0.29, 0.717) is 42.9 Å². The first-order valence-electron chi connectivity index (χ1n) is 10.7. The quantitative estimate of drug-likeness (QED) is 0.823. The van der Waals surface area contributed by atoms with Gasteiger partial charge in [0.25, 0.3) is 11.8 Å². The molecule has 1 atom stereocenters. The van der Waals surface area contributed by atoms with Gasteiger partial charge in [0, 0.05) is 24.7 Å². The molecule has 0 saturated carbocycles. The number of fused-ring (bicyclic) bond motifs is 1. The molecule has 0 aromatic heterocycles. The summed E-state index contributed by atoms with van der Waals surface area (Å²) in [6.45, 7) is 4.70. The van der Waals surface area contributed by atoms with Crippen molar-refractivity contribution in [1.29, 1.82) is 0 Å². The van der Waals surface area contributed by atoms with Gasteiger partial charge in [0.2, 0.25) is 5.91 Å². The number of ether oxygens (including phenoxy) is 1. The number of rotatable bonds is 4. The van der Waals surface area contributed by atoms with Crippen LogP contribution in [0.3, 0.4) is 0 Å². The largest absolute Gasteiger partial charge is 0.479 e. The van der Waals surface area contributed by atoms with Gasteiger partial charge in [-0.2, -0.15) is 0 Å². The minimum atomic E-state index is -0.620. The molecule has 2 aliphatic heterocycles. The van der Waals surface area contributed by atoms with Gasteiger partial charge in [0.15, 0.2) is 6.10 Å². The second-order valence-electron chi connectivity index (χ2n) is 8.10. The van der Waals surface area contributed by atoms with Crippen LogP contribution in [-0.4, -0.2) is 54.4 Å². The summed E-state index contributed by atoms with van der Waals surface area (Å²) in [6.07, 6.45) is 0.756. The molecular weight excluding hydrogens is 394 g/mol. The van der Waals surface area contributed by atoms with Crippen molar-refractivity contribution in [2.75, 3.05) is 24.5 Å². The van der Waals surface area contributed by atoms with Crippen LogP contribution in [0.4, 0.5) is 5.69 Å². The molecule has 1 saturated heterocycles. The third kappa shape index (κ3) is 4.40. The maximum atomic E-state index is 12.9. The topological polar surface area (TPSA) is 79.0 Å². The zero-order chi connectivity index (χ0) is 22.0. The van der Waals surface area contributed by atoms with Gasteiger partial charge in [0.1, 0.15) is 12.3 Å². The van der Waals surface area contributed by atoms with Crippen molar-refractivity contribution in [1.82, 2.24) is 10.2 Å². The van der Waals surface area contributed by atoms with Crippen molar-refractivity contribution in [3.8, 4) is 5.75 Å². The lowest BCUT2D eigenvalue weighted by molar-refractivity contribution is -0.133. The number of benzene rings is 2. The SMILES string of the molecule is Cc1ccccc1C(=O)NC1CCN(C(=O)CN2C(=O)C(C)Oc3ccccc32)CC1. The molecule has 0 bridgehead atoms. The first kappa shape index (κ1) is 20.9. The summed E-state index contributed by atoms with van der Waals surface area (Å²) in [5, 5.41) is 3.08. The Bertz CT molecular complexity index is 998. The molecule has 2 aromatic rings. The molecule has 3 amide bonds. The van der Waals surface area contributed by atoms with E-state index in [4.69, 9.17) is 4.74 Å². The van der Waals surface area contributed by atoms with E-state index in [0.717, 1.165) is 5.56 Å². The van der Waals surface area contributed by atoms with Crippen molar-refractivity contribution < 1.29 is 19.1 Å². The average Bonchev–Trinajstić information content (AvgIpc) is 2.77. The van der Waals surface area contributed by atoms with Crippen LogP contribution >= 0.6 is 0 Å². The molecule has 1 fully saturated rings. The molecule has 1 unspecified atom stereocenters. The number of nitrogens with zero attached hydrogens (tertiary/aromatic N) is 2. The maximum absolute atomic E-state index is 12.9. The standard InChI is InChI=1S/C24H27N3O4/c1-16-7-3-4-8-19(16)23(29)25-18-11-13-26(14-12-18)22(28)15-27-20-9-5-6-10-21(20)31-17(2)24(27)30/h3-10,17-18H,11-15H2,1-2H3,(H,25,29). The molecule has 0 radical (unpaired) electrons. The monoisotopic (exact) mass is 421 g/mol. The van der Waals surface area contributed by atoms with Crippen LogP contribution in [0.25, 0.3) is 0 Å². The molecule has 4 rings (SSSR count). The van der Waals surface area contributed by atoms with Crippen molar-refractivity contribution in [2.45, 2.75) is 38.8 Å². The van der Waals surface area contributed by atoms with E-state index in [1.807, 2.05) is 43.3 Å². The highest BCUT2D eigenvalue weighted by Crippen LogP contribution is 2.33. The van der Waals surface area contributed by atoms with E-state index < -0.39 is 6.10 Å². The number of anilines is 1. The fraction of sp³-hybridized carbons (Fsp3) is 0.375. The number of amides is 3.